The van der Waals surface area contributed by atoms with Crippen molar-refractivity contribution in [1.82, 2.24) is 19.7 Å². The zero-order valence-corrected chi connectivity index (χ0v) is 9.59. The number of rotatable bonds is 3. The van der Waals surface area contributed by atoms with Crippen molar-refractivity contribution in [2.45, 2.75) is 10.2 Å². The first-order valence-electron chi connectivity index (χ1n) is 4.50. The second kappa shape index (κ2) is 4.37. The van der Waals surface area contributed by atoms with Gasteiger partial charge in [-0.2, -0.15) is 0 Å². The van der Waals surface area contributed by atoms with E-state index in [0.717, 1.165) is 11.8 Å². The van der Waals surface area contributed by atoms with Gasteiger partial charge < -0.3 is 10.3 Å². The van der Waals surface area contributed by atoms with E-state index in [0.29, 0.717) is 5.16 Å². The van der Waals surface area contributed by atoms with Gasteiger partial charge in [0.2, 0.25) is 0 Å². The highest BCUT2D eigenvalue weighted by atomic mass is 32.2. The zero-order valence-electron chi connectivity index (χ0n) is 8.77. The SMILES string of the molecule is Cn1cnnc1Sc1nc(N)ccc1[N+](=O)[O-]. The Bertz CT molecular complexity index is 569. The van der Waals surface area contributed by atoms with Crippen molar-refractivity contribution >= 4 is 23.3 Å². The lowest BCUT2D eigenvalue weighted by Crippen LogP contribution is -1.98. The molecule has 0 radical (unpaired) electrons. The van der Waals surface area contributed by atoms with Gasteiger partial charge in [-0.25, -0.2) is 4.98 Å². The molecule has 2 aromatic rings. The summed E-state index contributed by atoms with van der Waals surface area (Å²) in [7, 11) is 1.74. The number of aryl methyl sites for hydroxylation is 1. The molecule has 2 heterocycles. The van der Waals surface area contributed by atoms with Crippen LogP contribution in [0.2, 0.25) is 0 Å². The first-order chi connectivity index (χ1) is 8.08. The van der Waals surface area contributed by atoms with Crippen LogP contribution >= 0.6 is 11.8 Å². The highest BCUT2D eigenvalue weighted by Gasteiger charge is 2.18. The third-order valence-corrected chi connectivity index (χ3v) is 2.96. The van der Waals surface area contributed by atoms with E-state index in [-0.39, 0.29) is 16.5 Å². The van der Waals surface area contributed by atoms with Crippen molar-refractivity contribution < 1.29 is 4.92 Å². The van der Waals surface area contributed by atoms with E-state index in [9.17, 15) is 10.1 Å². The number of anilines is 1. The van der Waals surface area contributed by atoms with Gasteiger partial charge in [0, 0.05) is 13.1 Å². The van der Waals surface area contributed by atoms with Gasteiger partial charge in [0.05, 0.1) is 4.92 Å². The maximum Gasteiger partial charge on any atom is 0.301 e. The Kier molecular flexibility index (Phi) is 2.91. The first-order valence-corrected chi connectivity index (χ1v) is 5.32. The molecule has 88 valence electrons. The van der Waals surface area contributed by atoms with Gasteiger partial charge in [-0.15, -0.1) is 10.2 Å². The maximum absolute atomic E-state index is 10.8. The molecule has 0 fully saturated rings. The summed E-state index contributed by atoms with van der Waals surface area (Å²) in [6.45, 7) is 0. The fourth-order valence-electron chi connectivity index (χ4n) is 1.11. The molecule has 2 rings (SSSR count). The lowest BCUT2D eigenvalue weighted by Gasteiger charge is -2.02. The molecule has 0 aliphatic carbocycles. The second-order valence-electron chi connectivity index (χ2n) is 3.14. The van der Waals surface area contributed by atoms with Crippen LogP contribution in [0, 0.1) is 10.1 Å². The van der Waals surface area contributed by atoms with Gasteiger partial charge in [-0.3, -0.25) is 10.1 Å². The Morgan fingerprint density at radius 3 is 2.88 bits per heavy atom. The molecule has 2 N–H and O–H groups in total. The predicted octanol–water partition coefficient (Wildman–Crippen LogP) is 0.852. The van der Waals surface area contributed by atoms with Crippen LogP contribution in [-0.4, -0.2) is 24.7 Å². The summed E-state index contributed by atoms with van der Waals surface area (Å²) in [6, 6.07) is 2.71. The van der Waals surface area contributed by atoms with Crippen LogP contribution in [0.15, 0.2) is 28.6 Å². The van der Waals surface area contributed by atoms with Crippen molar-refractivity contribution in [3.05, 3.63) is 28.6 Å². The maximum atomic E-state index is 10.8. The normalized spacial score (nSPS) is 10.4. The molecule has 0 aliphatic heterocycles. The van der Waals surface area contributed by atoms with Crippen molar-refractivity contribution in [3.63, 3.8) is 0 Å². The lowest BCUT2D eigenvalue weighted by molar-refractivity contribution is -0.388. The van der Waals surface area contributed by atoms with Crippen LogP contribution in [-0.2, 0) is 7.05 Å². The molecule has 2 aromatic heterocycles. The molecule has 0 unspecified atom stereocenters. The largest absolute Gasteiger partial charge is 0.384 e. The molecule has 0 aliphatic rings. The summed E-state index contributed by atoms with van der Waals surface area (Å²) in [4.78, 5) is 14.2. The number of hydrogen-bond donors (Lipinski definition) is 1. The van der Waals surface area contributed by atoms with E-state index < -0.39 is 4.92 Å². The fraction of sp³-hybridized carbons (Fsp3) is 0.125. The standard InChI is InChI=1S/C8H8N6O2S/c1-13-4-10-12-8(13)17-7-5(14(15)16)2-3-6(9)11-7/h2-4H,1H3,(H2,9,11). The van der Waals surface area contributed by atoms with Gasteiger partial charge in [0.25, 0.3) is 0 Å². The third-order valence-electron chi connectivity index (χ3n) is 1.92. The second-order valence-corrected chi connectivity index (χ2v) is 4.10. The quantitative estimate of drug-likeness (QED) is 0.636. The number of nitrogens with two attached hydrogens (primary N) is 1. The van der Waals surface area contributed by atoms with Gasteiger partial charge in [-0.05, 0) is 17.8 Å². The van der Waals surface area contributed by atoms with Crippen LogP contribution in [0.3, 0.4) is 0 Å². The molecule has 8 nitrogen and oxygen atoms in total. The first kappa shape index (κ1) is 11.3. The van der Waals surface area contributed by atoms with Crippen LogP contribution in [0.1, 0.15) is 0 Å². The highest BCUT2D eigenvalue weighted by Crippen LogP contribution is 2.32. The molecule has 0 bridgehead atoms. The molecule has 0 amide bonds. The smallest absolute Gasteiger partial charge is 0.301 e. The molecule has 0 saturated carbocycles. The van der Waals surface area contributed by atoms with Crippen LogP contribution in [0.25, 0.3) is 0 Å². The van der Waals surface area contributed by atoms with Gasteiger partial charge in [0.1, 0.15) is 12.1 Å². The monoisotopic (exact) mass is 252 g/mol. The zero-order chi connectivity index (χ0) is 12.4. The summed E-state index contributed by atoms with van der Waals surface area (Å²) in [5.41, 5.74) is 5.40. The Morgan fingerprint density at radius 1 is 1.53 bits per heavy atom. The number of nitrogens with zero attached hydrogens (tertiary/aromatic N) is 5. The number of nitro groups is 1. The molecular weight excluding hydrogens is 244 g/mol. The van der Waals surface area contributed by atoms with Crippen LogP contribution in [0.5, 0.6) is 0 Å². The number of hydrogen-bond acceptors (Lipinski definition) is 7. The molecule has 0 spiro atoms. The predicted molar refractivity (Wildman–Crippen MR) is 60.4 cm³/mol. The molecule has 17 heavy (non-hydrogen) atoms. The average molecular weight is 252 g/mol. The molecular formula is C8H8N6O2S. The van der Waals surface area contributed by atoms with E-state index in [1.54, 1.807) is 11.6 Å². The van der Waals surface area contributed by atoms with E-state index in [1.165, 1.54) is 18.5 Å². The van der Waals surface area contributed by atoms with Crippen LogP contribution in [0.4, 0.5) is 11.5 Å². The summed E-state index contributed by atoms with van der Waals surface area (Å²) < 4.78 is 1.64. The van der Waals surface area contributed by atoms with E-state index in [2.05, 4.69) is 15.2 Å². The third kappa shape index (κ3) is 2.33. The highest BCUT2D eigenvalue weighted by molar-refractivity contribution is 7.99. The Hall–Kier alpha value is -2.16. The molecule has 0 atom stereocenters. The number of aromatic nitrogens is 4. The number of nitrogen functional groups attached to an aromatic ring is 1. The molecule has 0 aromatic carbocycles. The minimum atomic E-state index is -0.509. The summed E-state index contributed by atoms with van der Waals surface area (Å²) in [5.74, 6) is 0.222. The van der Waals surface area contributed by atoms with E-state index in [1.807, 2.05) is 0 Å². The minimum Gasteiger partial charge on any atom is -0.384 e. The minimum absolute atomic E-state index is 0.104. The summed E-state index contributed by atoms with van der Waals surface area (Å²) >= 11 is 1.05. The Morgan fingerprint density at radius 2 is 2.29 bits per heavy atom. The summed E-state index contributed by atoms with van der Waals surface area (Å²) in [6.07, 6.45) is 1.50. The summed E-state index contributed by atoms with van der Waals surface area (Å²) in [5, 5.41) is 19.0. The van der Waals surface area contributed by atoms with Gasteiger partial charge in [-0.1, -0.05) is 0 Å². The average Bonchev–Trinajstić information content (AvgIpc) is 2.64. The van der Waals surface area contributed by atoms with Crippen molar-refractivity contribution in [2.24, 2.45) is 7.05 Å². The Balaban J connectivity index is 2.41. The fourth-order valence-corrected chi connectivity index (χ4v) is 1.96. The van der Waals surface area contributed by atoms with Gasteiger partial charge in [0.15, 0.2) is 10.2 Å². The van der Waals surface area contributed by atoms with Crippen LogP contribution < -0.4 is 5.73 Å². The number of pyridine rings is 1. The van der Waals surface area contributed by atoms with E-state index in [4.69, 9.17) is 5.73 Å². The topological polar surface area (TPSA) is 113 Å². The van der Waals surface area contributed by atoms with Crippen molar-refractivity contribution in [2.75, 3.05) is 5.73 Å². The molecule has 9 heteroatoms. The molecule has 0 saturated heterocycles. The van der Waals surface area contributed by atoms with Gasteiger partial charge >= 0.3 is 5.69 Å². The Labute approximate surface area is 100 Å². The van der Waals surface area contributed by atoms with E-state index >= 15 is 0 Å². The van der Waals surface area contributed by atoms with Crippen molar-refractivity contribution in [1.29, 1.82) is 0 Å². The lowest BCUT2D eigenvalue weighted by atomic mass is 10.4. The van der Waals surface area contributed by atoms with Crippen molar-refractivity contribution in [3.8, 4) is 0 Å².